The maximum atomic E-state index is 15.2. The summed E-state index contributed by atoms with van der Waals surface area (Å²) < 4.78 is 20.8. The molecule has 0 bridgehead atoms. The Labute approximate surface area is 190 Å². The second-order valence-corrected chi connectivity index (χ2v) is 7.92. The van der Waals surface area contributed by atoms with Crippen LogP contribution in [0.1, 0.15) is 24.8 Å². The minimum absolute atomic E-state index is 0.00630. The van der Waals surface area contributed by atoms with E-state index in [-0.39, 0.29) is 17.8 Å². The quantitative estimate of drug-likeness (QED) is 0.383. The van der Waals surface area contributed by atoms with Crippen LogP contribution in [-0.2, 0) is 0 Å². The van der Waals surface area contributed by atoms with Crippen LogP contribution < -0.4 is 26.4 Å². The molecule has 2 amide bonds. The van der Waals surface area contributed by atoms with Crippen molar-refractivity contribution in [3.8, 4) is 17.0 Å². The van der Waals surface area contributed by atoms with Crippen molar-refractivity contribution in [3.63, 3.8) is 0 Å². The van der Waals surface area contributed by atoms with Crippen LogP contribution in [0.2, 0.25) is 0 Å². The average Bonchev–Trinajstić information content (AvgIpc) is 2.81. The van der Waals surface area contributed by atoms with Crippen molar-refractivity contribution in [1.29, 1.82) is 0 Å². The fourth-order valence-electron chi connectivity index (χ4n) is 3.94. The molecule has 1 aromatic carbocycles. The Morgan fingerprint density at radius 1 is 1.24 bits per heavy atom. The zero-order valence-corrected chi connectivity index (χ0v) is 18.5. The summed E-state index contributed by atoms with van der Waals surface area (Å²) in [7, 11) is 1.00. The van der Waals surface area contributed by atoms with Crippen molar-refractivity contribution < 1.29 is 19.0 Å². The third-order valence-corrected chi connectivity index (χ3v) is 5.92. The second kappa shape index (κ2) is 9.45. The predicted octanol–water partition coefficient (Wildman–Crippen LogP) is 3.41. The molecule has 1 saturated carbocycles. The topological polar surface area (TPSA) is 134 Å². The molecule has 2 aromatic heterocycles. The summed E-state index contributed by atoms with van der Waals surface area (Å²) in [5, 5.41) is 17.1. The summed E-state index contributed by atoms with van der Waals surface area (Å²) in [6, 6.07) is 3.32. The largest absolute Gasteiger partial charge is 0.474 e. The van der Waals surface area contributed by atoms with Crippen molar-refractivity contribution in [2.24, 2.45) is 0 Å². The number of carbonyl (C=O) groups excluding carboxylic acids is 1. The number of fused-ring (bicyclic) bond motifs is 2. The number of nitrogen functional groups attached to an aromatic ring is 1. The highest BCUT2D eigenvalue weighted by Crippen LogP contribution is 2.39. The van der Waals surface area contributed by atoms with Crippen LogP contribution in [0.15, 0.2) is 24.5 Å². The van der Waals surface area contributed by atoms with Crippen LogP contribution >= 0.6 is 0 Å². The first-order valence-electron chi connectivity index (χ1n) is 10.8. The molecule has 3 heterocycles. The summed E-state index contributed by atoms with van der Waals surface area (Å²) in [4.78, 5) is 20.7. The van der Waals surface area contributed by atoms with Gasteiger partial charge in [0.2, 0.25) is 5.88 Å². The van der Waals surface area contributed by atoms with Gasteiger partial charge >= 0.3 is 6.03 Å². The highest BCUT2D eigenvalue weighted by Gasteiger charge is 2.22. The van der Waals surface area contributed by atoms with Crippen LogP contribution in [-0.4, -0.2) is 47.4 Å². The van der Waals surface area contributed by atoms with E-state index in [9.17, 15) is 4.79 Å². The average molecular weight is 455 g/mol. The summed E-state index contributed by atoms with van der Waals surface area (Å²) >= 11 is 0. The Morgan fingerprint density at radius 2 is 2.03 bits per heavy atom. The van der Waals surface area contributed by atoms with Crippen molar-refractivity contribution in [2.45, 2.75) is 32.2 Å². The van der Waals surface area contributed by atoms with Crippen LogP contribution in [0.5, 0.6) is 5.88 Å². The fraction of sp³-hybridized carbons (Fsp3) is 0.348. The molecular weight excluding hydrogens is 427 g/mol. The van der Waals surface area contributed by atoms with E-state index in [2.05, 4.69) is 25.9 Å². The number of aliphatic hydroxyl groups is 1. The molecule has 1 fully saturated rings. The van der Waals surface area contributed by atoms with E-state index in [4.69, 9.17) is 15.6 Å². The number of nitrogens with two attached hydrogens (primary N) is 1. The Hall–Kier alpha value is -3.66. The first-order chi connectivity index (χ1) is 16.0. The van der Waals surface area contributed by atoms with Gasteiger partial charge in [-0.2, -0.15) is 0 Å². The van der Waals surface area contributed by atoms with Gasteiger partial charge in [0, 0.05) is 48.6 Å². The van der Waals surface area contributed by atoms with E-state index in [0.29, 0.717) is 46.7 Å². The van der Waals surface area contributed by atoms with Crippen LogP contribution in [0.25, 0.3) is 21.9 Å². The summed E-state index contributed by atoms with van der Waals surface area (Å²) in [6.45, 7) is 3.08. The van der Waals surface area contributed by atoms with Crippen LogP contribution in [0, 0.1) is 12.7 Å². The number of benzene rings is 1. The minimum atomic E-state index is -0.528. The monoisotopic (exact) mass is 454 g/mol. The SMILES string of the molecule is CO.Cc1c(-c2cc3cc(NC(=O)NC4CCC4)ncc3c(N)c2F)cnc2c1NCCO2. The number of anilines is 3. The summed E-state index contributed by atoms with van der Waals surface area (Å²) in [5.74, 6) is 0.353. The van der Waals surface area contributed by atoms with Crippen molar-refractivity contribution in [2.75, 3.05) is 36.6 Å². The lowest BCUT2D eigenvalue weighted by Crippen LogP contribution is -2.41. The molecule has 6 N–H and O–H groups in total. The molecule has 0 saturated heterocycles. The first kappa shape index (κ1) is 22.5. The summed E-state index contributed by atoms with van der Waals surface area (Å²) in [6.07, 6.45) is 6.18. The highest BCUT2D eigenvalue weighted by atomic mass is 19.1. The van der Waals surface area contributed by atoms with Gasteiger partial charge in [-0.25, -0.2) is 19.2 Å². The molecule has 174 valence electrons. The van der Waals surface area contributed by atoms with Gasteiger partial charge in [0.25, 0.3) is 0 Å². The molecule has 2 aliphatic rings. The van der Waals surface area contributed by atoms with Crippen LogP contribution in [0.4, 0.5) is 26.4 Å². The van der Waals surface area contributed by atoms with Crippen molar-refractivity contribution >= 4 is 34.0 Å². The zero-order chi connectivity index (χ0) is 23.5. The smallest absolute Gasteiger partial charge is 0.320 e. The molecule has 5 rings (SSSR count). The maximum absolute atomic E-state index is 15.2. The van der Waals surface area contributed by atoms with Gasteiger partial charge in [-0.1, -0.05) is 0 Å². The van der Waals surface area contributed by atoms with Gasteiger partial charge < -0.3 is 26.2 Å². The number of nitrogens with one attached hydrogen (secondary N) is 3. The number of rotatable bonds is 3. The number of urea groups is 1. The molecule has 0 atom stereocenters. The third kappa shape index (κ3) is 4.34. The van der Waals surface area contributed by atoms with Gasteiger partial charge in [0.15, 0.2) is 5.82 Å². The molecule has 10 heteroatoms. The number of nitrogens with zero attached hydrogens (tertiary/aromatic N) is 2. The molecule has 9 nitrogen and oxygen atoms in total. The van der Waals surface area contributed by atoms with Gasteiger partial charge in [-0.05, 0) is 49.3 Å². The molecule has 3 aromatic rings. The normalized spacial score (nSPS) is 14.7. The predicted molar refractivity (Wildman–Crippen MR) is 126 cm³/mol. The Bertz CT molecular complexity index is 1200. The third-order valence-electron chi connectivity index (χ3n) is 5.92. The van der Waals surface area contributed by atoms with Gasteiger partial charge in [-0.3, -0.25) is 5.32 Å². The molecular formula is C23H27FN6O3. The minimum Gasteiger partial charge on any atom is -0.474 e. The maximum Gasteiger partial charge on any atom is 0.320 e. The number of aliphatic hydroxyl groups excluding tert-OH is 1. The number of pyridine rings is 2. The van der Waals surface area contributed by atoms with E-state index in [1.165, 1.54) is 6.20 Å². The first-order valence-corrected chi connectivity index (χ1v) is 10.8. The molecule has 0 unspecified atom stereocenters. The molecule has 33 heavy (non-hydrogen) atoms. The van der Waals surface area contributed by atoms with Crippen molar-refractivity contribution in [1.82, 2.24) is 15.3 Å². The van der Waals surface area contributed by atoms with Gasteiger partial charge in [0.05, 0.1) is 5.69 Å². The lowest BCUT2D eigenvalue weighted by Gasteiger charge is -2.26. The van der Waals surface area contributed by atoms with E-state index >= 15 is 4.39 Å². The lowest BCUT2D eigenvalue weighted by molar-refractivity contribution is 0.240. The Balaban J connectivity index is 0.00000126. The number of halogens is 1. The number of carbonyl (C=O) groups is 1. The van der Waals surface area contributed by atoms with Crippen molar-refractivity contribution in [3.05, 3.63) is 35.9 Å². The Morgan fingerprint density at radius 3 is 2.76 bits per heavy atom. The Kier molecular flexibility index (Phi) is 6.45. The van der Waals surface area contributed by atoms with Gasteiger partial charge in [-0.15, -0.1) is 0 Å². The lowest BCUT2D eigenvalue weighted by atomic mass is 9.93. The second-order valence-electron chi connectivity index (χ2n) is 7.92. The van der Waals surface area contributed by atoms with Gasteiger partial charge in [0.1, 0.15) is 18.1 Å². The van der Waals surface area contributed by atoms with E-state index in [1.807, 2.05) is 6.92 Å². The van der Waals surface area contributed by atoms with E-state index in [1.54, 1.807) is 18.3 Å². The number of ether oxygens (including phenoxy) is 1. The van der Waals surface area contributed by atoms with Crippen LogP contribution in [0.3, 0.4) is 0 Å². The van der Waals surface area contributed by atoms with E-state index in [0.717, 1.165) is 37.6 Å². The standard InChI is InChI=1S/C22H23FN6O2.CH4O/c1-11-15(9-27-21-20(11)25-5-6-31-21)14-7-12-8-17(26-10-16(12)19(24)18(14)23)29-22(30)28-13-3-2-4-13;1-2/h7-10,13,25H,2-6,24H2,1H3,(H2,26,28,29,30);2H,1H3. The zero-order valence-electron chi connectivity index (χ0n) is 18.5. The molecule has 0 spiro atoms. The number of aromatic nitrogens is 2. The molecule has 0 radical (unpaired) electrons. The summed E-state index contributed by atoms with van der Waals surface area (Å²) in [5.41, 5.74) is 8.66. The number of hydrogen-bond acceptors (Lipinski definition) is 7. The van der Waals surface area contributed by atoms with E-state index < -0.39 is 5.82 Å². The fourth-order valence-corrected chi connectivity index (χ4v) is 3.94. The molecule has 1 aliphatic heterocycles. The number of hydrogen-bond donors (Lipinski definition) is 5. The number of amides is 2. The highest BCUT2D eigenvalue weighted by molar-refractivity contribution is 6.00. The molecule has 1 aliphatic carbocycles.